The van der Waals surface area contributed by atoms with E-state index in [1.807, 2.05) is 11.8 Å². The molecule has 1 aliphatic heterocycles. The third kappa shape index (κ3) is 3.07. The Hall–Kier alpha value is -0.720. The van der Waals surface area contributed by atoms with E-state index < -0.39 is 5.60 Å². The Labute approximate surface area is 134 Å². The highest BCUT2D eigenvalue weighted by Gasteiger charge is 2.43. The lowest BCUT2D eigenvalue weighted by Crippen LogP contribution is -2.54. The van der Waals surface area contributed by atoms with Crippen molar-refractivity contribution in [2.24, 2.45) is 5.92 Å². The molecule has 0 spiro atoms. The summed E-state index contributed by atoms with van der Waals surface area (Å²) in [6.07, 6.45) is 5.39. The molecule has 0 unspecified atom stereocenters. The molecule has 0 radical (unpaired) electrons. The maximum Gasteiger partial charge on any atom is 0.227 e. The summed E-state index contributed by atoms with van der Waals surface area (Å²) in [4.78, 5) is 18.6. The van der Waals surface area contributed by atoms with Crippen LogP contribution in [0, 0.1) is 16.8 Å². The number of hydrogen-bond donors (Lipinski definition) is 2. The van der Waals surface area contributed by atoms with Crippen molar-refractivity contribution in [3.05, 3.63) is 14.5 Å². The number of hydrogen-bond acceptors (Lipinski definition) is 4. The van der Waals surface area contributed by atoms with E-state index in [-0.39, 0.29) is 11.8 Å². The lowest BCUT2D eigenvalue weighted by atomic mass is 9.71. The summed E-state index contributed by atoms with van der Waals surface area (Å²) < 4.78 is 0.732. The summed E-state index contributed by atoms with van der Waals surface area (Å²) in [6, 6.07) is 0. The lowest BCUT2D eigenvalue weighted by Gasteiger charge is -2.47. The molecule has 1 amide bonds. The maximum absolute atomic E-state index is 12.5. The van der Waals surface area contributed by atoms with E-state index in [0.29, 0.717) is 19.5 Å². The molecule has 2 atom stereocenters. The van der Waals surface area contributed by atoms with Crippen LogP contribution in [0.4, 0.5) is 0 Å². The van der Waals surface area contributed by atoms with Crippen molar-refractivity contribution in [2.45, 2.75) is 51.0 Å². The summed E-state index contributed by atoms with van der Waals surface area (Å²) in [5.41, 5.74) is 0.486. The van der Waals surface area contributed by atoms with Gasteiger partial charge in [-0.15, -0.1) is 11.3 Å². The third-order valence-electron chi connectivity index (χ3n) is 5.02. The fourth-order valence-electron chi connectivity index (χ4n) is 3.65. The van der Waals surface area contributed by atoms with Gasteiger partial charge in [0.05, 0.1) is 12.0 Å². The number of carbonyl (C=O) groups excluding carboxylic acids is 1. The Bertz CT molecular complexity index is 595. The fourth-order valence-corrected chi connectivity index (χ4v) is 4.93. The number of thiazole rings is 1. The van der Waals surface area contributed by atoms with Gasteiger partial charge < -0.3 is 15.0 Å². The first kappa shape index (κ1) is 15.2. The molecule has 1 saturated carbocycles. The molecule has 4 nitrogen and oxygen atoms in total. The molecular formula is C15H22N2O2S2. The van der Waals surface area contributed by atoms with Crippen molar-refractivity contribution in [3.8, 4) is 0 Å². The minimum Gasteiger partial charge on any atom is -0.389 e. The number of nitrogens with one attached hydrogen (secondary N) is 1. The van der Waals surface area contributed by atoms with Gasteiger partial charge in [-0.2, -0.15) is 0 Å². The topological polar surface area (TPSA) is 56.3 Å². The van der Waals surface area contributed by atoms with Crippen LogP contribution in [0.5, 0.6) is 0 Å². The second-order valence-corrected chi connectivity index (χ2v) is 8.15. The van der Waals surface area contributed by atoms with Crippen LogP contribution in [0.2, 0.25) is 0 Å². The highest BCUT2D eigenvalue weighted by molar-refractivity contribution is 7.73. The van der Waals surface area contributed by atoms with Crippen molar-refractivity contribution >= 4 is 29.5 Å². The van der Waals surface area contributed by atoms with Gasteiger partial charge in [-0.05, 0) is 38.4 Å². The van der Waals surface area contributed by atoms with Crippen molar-refractivity contribution < 1.29 is 9.90 Å². The van der Waals surface area contributed by atoms with Gasteiger partial charge in [-0.25, -0.2) is 0 Å². The Kier molecular flexibility index (Phi) is 4.21. The number of aliphatic hydroxyl groups is 1. The maximum atomic E-state index is 12.5. The predicted molar refractivity (Wildman–Crippen MR) is 86.0 cm³/mol. The minimum atomic E-state index is -0.518. The molecule has 1 saturated heterocycles. The molecule has 0 bridgehead atoms. The number of aromatic amines is 1. The zero-order valence-electron chi connectivity index (χ0n) is 12.4. The van der Waals surface area contributed by atoms with E-state index >= 15 is 0 Å². The summed E-state index contributed by atoms with van der Waals surface area (Å²) in [5, 5.41) is 10.7. The van der Waals surface area contributed by atoms with E-state index in [0.717, 1.165) is 40.2 Å². The first-order chi connectivity index (χ1) is 9.98. The quantitative estimate of drug-likeness (QED) is 0.822. The summed E-state index contributed by atoms with van der Waals surface area (Å²) >= 11 is 6.62. The highest BCUT2D eigenvalue weighted by atomic mass is 32.1. The Morgan fingerprint density at radius 1 is 1.52 bits per heavy atom. The number of likely N-dealkylation sites (tertiary alicyclic amines) is 1. The molecule has 6 heteroatoms. The van der Waals surface area contributed by atoms with Gasteiger partial charge in [0.15, 0.2) is 3.95 Å². The van der Waals surface area contributed by atoms with Crippen molar-refractivity contribution in [3.63, 3.8) is 0 Å². The van der Waals surface area contributed by atoms with Crippen molar-refractivity contribution in [1.29, 1.82) is 0 Å². The average Bonchev–Trinajstić information content (AvgIpc) is 2.75. The molecule has 1 aromatic rings. The smallest absolute Gasteiger partial charge is 0.227 e. The number of aromatic nitrogens is 1. The SMILES string of the molecule is Cc1[nH]c(=S)sc1CC(=O)N1CC[C@@]2(O)CCCC[C@@H]2C1. The number of carbonyl (C=O) groups is 1. The van der Waals surface area contributed by atoms with Gasteiger partial charge in [0.2, 0.25) is 5.91 Å². The molecule has 21 heavy (non-hydrogen) atoms. The zero-order valence-corrected chi connectivity index (χ0v) is 14.0. The Morgan fingerprint density at radius 2 is 2.33 bits per heavy atom. The number of aryl methyl sites for hydroxylation is 1. The molecule has 2 N–H and O–H groups in total. The van der Waals surface area contributed by atoms with Crippen LogP contribution in [-0.4, -0.2) is 39.6 Å². The number of amides is 1. The largest absolute Gasteiger partial charge is 0.389 e. The van der Waals surface area contributed by atoms with Gasteiger partial charge in [0, 0.05) is 29.6 Å². The average molecular weight is 326 g/mol. The van der Waals surface area contributed by atoms with E-state index in [1.54, 1.807) is 0 Å². The second kappa shape index (κ2) is 5.82. The molecule has 116 valence electrons. The molecular weight excluding hydrogens is 304 g/mol. The number of piperidine rings is 1. The summed E-state index contributed by atoms with van der Waals surface area (Å²) in [5.74, 6) is 0.422. The molecule has 2 aliphatic rings. The van der Waals surface area contributed by atoms with Gasteiger partial charge in [-0.3, -0.25) is 4.79 Å². The third-order valence-corrected chi connectivity index (χ3v) is 6.35. The van der Waals surface area contributed by atoms with Crippen LogP contribution in [0.15, 0.2) is 0 Å². The Balaban J connectivity index is 1.66. The van der Waals surface area contributed by atoms with Crippen LogP contribution in [-0.2, 0) is 11.2 Å². The van der Waals surface area contributed by atoms with Gasteiger partial charge >= 0.3 is 0 Å². The first-order valence-corrected chi connectivity index (χ1v) is 8.89. The zero-order chi connectivity index (χ0) is 15.0. The normalized spacial score (nSPS) is 29.2. The monoisotopic (exact) mass is 326 g/mol. The number of rotatable bonds is 2. The standard InChI is InChI=1S/C15H22N2O2S2/c1-10-12(21-14(20)16-10)8-13(18)17-7-6-15(19)5-3-2-4-11(15)9-17/h11,19H,2-9H2,1H3,(H,16,20)/t11-,15+/m1/s1. The summed E-state index contributed by atoms with van der Waals surface area (Å²) in [6.45, 7) is 3.36. The predicted octanol–water partition coefficient (Wildman–Crippen LogP) is 2.81. The van der Waals surface area contributed by atoms with Crippen LogP contribution >= 0.6 is 23.6 Å². The first-order valence-electron chi connectivity index (χ1n) is 7.67. The number of nitrogens with zero attached hydrogens (tertiary/aromatic N) is 1. The van der Waals surface area contributed by atoms with Crippen LogP contribution in [0.1, 0.15) is 42.7 Å². The molecule has 3 rings (SSSR count). The molecule has 2 heterocycles. The number of fused-ring (bicyclic) bond motifs is 1. The lowest BCUT2D eigenvalue weighted by molar-refractivity contribution is -0.142. The van der Waals surface area contributed by atoms with Crippen LogP contribution in [0.25, 0.3) is 0 Å². The van der Waals surface area contributed by atoms with E-state index in [4.69, 9.17) is 12.2 Å². The molecule has 1 aliphatic carbocycles. The van der Waals surface area contributed by atoms with Crippen molar-refractivity contribution in [2.75, 3.05) is 13.1 Å². The highest BCUT2D eigenvalue weighted by Crippen LogP contribution is 2.39. The van der Waals surface area contributed by atoms with Gasteiger partial charge in [0.25, 0.3) is 0 Å². The number of H-pyrrole nitrogens is 1. The van der Waals surface area contributed by atoms with E-state index in [1.165, 1.54) is 17.8 Å². The molecule has 2 fully saturated rings. The second-order valence-electron chi connectivity index (χ2n) is 6.38. The summed E-state index contributed by atoms with van der Waals surface area (Å²) in [7, 11) is 0. The van der Waals surface area contributed by atoms with Gasteiger partial charge in [0.1, 0.15) is 0 Å². The fraction of sp³-hybridized carbons (Fsp3) is 0.733. The van der Waals surface area contributed by atoms with E-state index in [9.17, 15) is 9.90 Å². The molecule has 0 aromatic carbocycles. The van der Waals surface area contributed by atoms with Crippen LogP contribution < -0.4 is 0 Å². The molecule has 1 aromatic heterocycles. The van der Waals surface area contributed by atoms with Gasteiger partial charge in [-0.1, -0.05) is 12.8 Å². The Morgan fingerprint density at radius 3 is 3.05 bits per heavy atom. The minimum absolute atomic E-state index is 0.163. The van der Waals surface area contributed by atoms with Crippen LogP contribution in [0.3, 0.4) is 0 Å². The van der Waals surface area contributed by atoms with E-state index in [2.05, 4.69) is 4.98 Å². The van der Waals surface area contributed by atoms with Crippen molar-refractivity contribution in [1.82, 2.24) is 9.88 Å².